The fraction of sp³-hybridized carbons (Fsp3) is 0.867. The van der Waals surface area contributed by atoms with Crippen LogP contribution in [0.1, 0.15) is 46.5 Å². The highest BCUT2D eigenvalue weighted by Crippen LogP contribution is 2.15. The molecule has 20 heavy (non-hydrogen) atoms. The van der Waals surface area contributed by atoms with Crippen molar-refractivity contribution in [2.24, 2.45) is 10.9 Å². The van der Waals surface area contributed by atoms with Crippen molar-refractivity contribution < 1.29 is 9.53 Å². The van der Waals surface area contributed by atoms with Gasteiger partial charge in [-0.25, -0.2) is 0 Å². The van der Waals surface area contributed by atoms with Crippen molar-refractivity contribution in [3.8, 4) is 0 Å². The van der Waals surface area contributed by atoms with Gasteiger partial charge in [0, 0.05) is 32.6 Å². The van der Waals surface area contributed by atoms with E-state index in [-0.39, 0.29) is 5.97 Å². The quantitative estimate of drug-likeness (QED) is 0.351. The normalized spacial score (nSPS) is 19.9. The van der Waals surface area contributed by atoms with Crippen LogP contribution in [0.4, 0.5) is 0 Å². The minimum absolute atomic E-state index is 0.126. The fourth-order valence-electron chi connectivity index (χ4n) is 2.45. The first kappa shape index (κ1) is 16.8. The summed E-state index contributed by atoms with van der Waals surface area (Å²) in [6, 6.07) is 0. The number of hydrogen-bond acceptors (Lipinski definition) is 3. The molecular weight excluding hydrogens is 254 g/mol. The minimum Gasteiger partial charge on any atom is -0.466 e. The maximum absolute atomic E-state index is 11.3. The monoisotopic (exact) mass is 283 g/mol. The molecule has 0 aromatic rings. The van der Waals surface area contributed by atoms with Gasteiger partial charge in [-0.1, -0.05) is 6.92 Å². The molecule has 1 saturated heterocycles. The van der Waals surface area contributed by atoms with Crippen LogP contribution in [-0.2, 0) is 9.53 Å². The number of rotatable bonds is 6. The van der Waals surface area contributed by atoms with E-state index >= 15 is 0 Å². The number of carbonyl (C=O) groups excluding carboxylic acids is 1. The van der Waals surface area contributed by atoms with Gasteiger partial charge in [0.2, 0.25) is 0 Å². The molecule has 0 spiro atoms. The smallest absolute Gasteiger partial charge is 0.305 e. The number of nitrogens with zero attached hydrogens (tertiary/aromatic N) is 2. The Balaban J connectivity index is 2.40. The Morgan fingerprint density at radius 3 is 2.90 bits per heavy atom. The topological polar surface area (TPSA) is 53.9 Å². The van der Waals surface area contributed by atoms with Gasteiger partial charge in [0.1, 0.15) is 0 Å². The number of ether oxygens (including phenoxy) is 1. The molecule has 1 rings (SSSR count). The third-order valence-electron chi connectivity index (χ3n) is 3.40. The summed E-state index contributed by atoms with van der Waals surface area (Å²) in [7, 11) is 0. The van der Waals surface area contributed by atoms with Crippen molar-refractivity contribution in [2.45, 2.75) is 46.5 Å². The SMILES string of the molecule is CCNC(=NCCCC(=O)OCC)N1CCCC(C)C1. The van der Waals surface area contributed by atoms with Crippen molar-refractivity contribution in [3.63, 3.8) is 0 Å². The van der Waals surface area contributed by atoms with E-state index in [0.29, 0.717) is 19.6 Å². The predicted octanol–water partition coefficient (Wildman–Crippen LogP) is 2.03. The molecule has 0 radical (unpaired) electrons. The lowest BCUT2D eigenvalue weighted by atomic mass is 10.0. The van der Waals surface area contributed by atoms with Gasteiger partial charge in [0.15, 0.2) is 5.96 Å². The second kappa shape index (κ2) is 9.61. The molecule has 0 aliphatic carbocycles. The summed E-state index contributed by atoms with van der Waals surface area (Å²) in [6.07, 6.45) is 3.73. The number of piperidine rings is 1. The van der Waals surface area contributed by atoms with E-state index < -0.39 is 0 Å². The molecule has 1 unspecified atom stereocenters. The Kier molecular flexibility index (Phi) is 8.07. The van der Waals surface area contributed by atoms with Crippen molar-refractivity contribution in [1.82, 2.24) is 10.2 Å². The van der Waals surface area contributed by atoms with Gasteiger partial charge in [-0.3, -0.25) is 9.79 Å². The summed E-state index contributed by atoms with van der Waals surface area (Å²) in [6.45, 7) is 10.4. The van der Waals surface area contributed by atoms with Gasteiger partial charge in [-0.2, -0.15) is 0 Å². The molecule has 1 aliphatic heterocycles. The standard InChI is InChI=1S/C15H29N3O2/c1-4-16-15(18-11-7-8-13(3)12-18)17-10-6-9-14(19)20-5-2/h13H,4-12H2,1-3H3,(H,16,17). The van der Waals surface area contributed by atoms with Crippen LogP contribution in [0.5, 0.6) is 0 Å². The molecular formula is C15H29N3O2. The molecule has 1 fully saturated rings. The fourth-order valence-corrected chi connectivity index (χ4v) is 2.45. The van der Waals surface area contributed by atoms with E-state index in [1.165, 1.54) is 12.8 Å². The van der Waals surface area contributed by atoms with Crippen molar-refractivity contribution in [2.75, 3.05) is 32.8 Å². The number of likely N-dealkylation sites (tertiary alicyclic amines) is 1. The average molecular weight is 283 g/mol. The molecule has 0 bridgehead atoms. The van der Waals surface area contributed by atoms with Crippen LogP contribution in [0.15, 0.2) is 4.99 Å². The van der Waals surface area contributed by atoms with Crippen LogP contribution in [0.3, 0.4) is 0 Å². The minimum atomic E-state index is -0.126. The molecule has 1 N–H and O–H groups in total. The van der Waals surface area contributed by atoms with Crippen LogP contribution in [0, 0.1) is 5.92 Å². The third kappa shape index (κ3) is 6.26. The zero-order valence-electron chi connectivity index (χ0n) is 13.2. The number of hydrogen-bond donors (Lipinski definition) is 1. The van der Waals surface area contributed by atoms with Crippen molar-refractivity contribution >= 4 is 11.9 Å². The lowest BCUT2D eigenvalue weighted by Gasteiger charge is -2.33. The van der Waals surface area contributed by atoms with Crippen LogP contribution < -0.4 is 5.32 Å². The van der Waals surface area contributed by atoms with Gasteiger partial charge in [-0.05, 0) is 39.0 Å². The second-order valence-electron chi connectivity index (χ2n) is 5.34. The van der Waals surface area contributed by atoms with Crippen LogP contribution in [-0.4, -0.2) is 49.6 Å². The van der Waals surface area contributed by atoms with Gasteiger partial charge in [0.25, 0.3) is 0 Å². The largest absolute Gasteiger partial charge is 0.466 e. The molecule has 1 aliphatic rings. The Morgan fingerprint density at radius 1 is 1.45 bits per heavy atom. The Labute approximate surface area is 122 Å². The summed E-state index contributed by atoms with van der Waals surface area (Å²) in [4.78, 5) is 18.2. The van der Waals surface area contributed by atoms with E-state index in [4.69, 9.17) is 4.74 Å². The second-order valence-corrected chi connectivity index (χ2v) is 5.34. The summed E-state index contributed by atoms with van der Waals surface area (Å²) in [5.41, 5.74) is 0. The molecule has 5 nitrogen and oxygen atoms in total. The highest BCUT2D eigenvalue weighted by molar-refractivity contribution is 5.80. The summed E-state index contributed by atoms with van der Waals surface area (Å²) in [5.74, 6) is 1.59. The number of esters is 1. The maximum atomic E-state index is 11.3. The number of aliphatic imine (C=N–C) groups is 1. The molecule has 1 atom stereocenters. The molecule has 0 aromatic heterocycles. The molecule has 0 amide bonds. The lowest BCUT2D eigenvalue weighted by molar-refractivity contribution is -0.143. The first-order valence-corrected chi connectivity index (χ1v) is 7.86. The van der Waals surface area contributed by atoms with Gasteiger partial charge >= 0.3 is 5.97 Å². The zero-order valence-corrected chi connectivity index (χ0v) is 13.2. The molecule has 116 valence electrons. The first-order valence-electron chi connectivity index (χ1n) is 7.86. The van der Waals surface area contributed by atoms with E-state index in [1.807, 2.05) is 6.92 Å². The number of nitrogens with one attached hydrogen (secondary N) is 1. The highest BCUT2D eigenvalue weighted by Gasteiger charge is 2.18. The summed E-state index contributed by atoms with van der Waals surface area (Å²) < 4.78 is 4.91. The van der Waals surface area contributed by atoms with E-state index in [1.54, 1.807) is 0 Å². The number of guanidine groups is 1. The van der Waals surface area contributed by atoms with Crippen molar-refractivity contribution in [1.29, 1.82) is 0 Å². The number of carbonyl (C=O) groups is 1. The third-order valence-corrected chi connectivity index (χ3v) is 3.40. The molecule has 1 heterocycles. The average Bonchev–Trinajstić information content (AvgIpc) is 2.42. The maximum Gasteiger partial charge on any atom is 0.305 e. The van der Waals surface area contributed by atoms with Crippen molar-refractivity contribution in [3.05, 3.63) is 0 Å². The van der Waals surface area contributed by atoms with Crippen LogP contribution in [0.25, 0.3) is 0 Å². The van der Waals surface area contributed by atoms with Crippen LogP contribution in [0.2, 0.25) is 0 Å². The first-order chi connectivity index (χ1) is 9.67. The lowest BCUT2D eigenvalue weighted by Crippen LogP contribution is -2.46. The Bertz CT molecular complexity index is 318. The summed E-state index contributed by atoms with van der Waals surface area (Å²) >= 11 is 0. The van der Waals surface area contributed by atoms with E-state index in [2.05, 4.69) is 29.1 Å². The molecule has 0 saturated carbocycles. The summed E-state index contributed by atoms with van der Waals surface area (Å²) in [5, 5.41) is 3.35. The predicted molar refractivity (Wildman–Crippen MR) is 81.8 cm³/mol. The zero-order chi connectivity index (χ0) is 14.8. The highest BCUT2D eigenvalue weighted by atomic mass is 16.5. The van der Waals surface area contributed by atoms with E-state index in [0.717, 1.165) is 37.9 Å². The van der Waals surface area contributed by atoms with Crippen LogP contribution >= 0.6 is 0 Å². The van der Waals surface area contributed by atoms with Gasteiger partial charge in [0.05, 0.1) is 6.61 Å². The molecule has 0 aromatic carbocycles. The van der Waals surface area contributed by atoms with E-state index in [9.17, 15) is 4.79 Å². The van der Waals surface area contributed by atoms with Gasteiger partial charge < -0.3 is 15.0 Å². The Hall–Kier alpha value is -1.26. The molecule has 5 heteroatoms. The van der Waals surface area contributed by atoms with Gasteiger partial charge in [-0.15, -0.1) is 0 Å². The Morgan fingerprint density at radius 2 is 2.25 bits per heavy atom.